The summed E-state index contributed by atoms with van der Waals surface area (Å²) in [5, 5.41) is 9.73. The van der Waals surface area contributed by atoms with Gasteiger partial charge in [0, 0.05) is 35.2 Å². The van der Waals surface area contributed by atoms with Crippen molar-refractivity contribution >= 4 is 18.4 Å². The van der Waals surface area contributed by atoms with E-state index in [9.17, 15) is 14.3 Å². The molecule has 1 heterocycles. The molecule has 4 atom stereocenters. The van der Waals surface area contributed by atoms with E-state index in [1.165, 1.54) is 6.07 Å². The van der Waals surface area contributed by atoms with Crippen molar-refractivity contribution in [2.45, 2.75) is 36.5 Å². The van der Waals surface area contributed by atoms with Gasteiger partial charge < -0.3 is 9.84 Å². The number of aliphatic hydroxyl groups excluding tert-OH is 1. The van der Waals surface area contributed by atoms with Crippen LogP contribution in [0.1, 0.15) is 35.7 Å². The van der Waals surface area contributed by atoms with Crippen LogP contribution in [0.25, 0.3) is 0 Å². The van der Waals surface area contributed by atoms with Crippen LogP contribution in [-0.2, 0) is 10.2 Å². The Balaban J connectivity index is 1.86. The van der Waals surface area contributed by atoms with Crippen molar-refractivity contribution in [1.29, 1.82) is 0 Å². The molecule has 3 nitrogen and oxygen atoms in total. The summed E-state index contributed by atoms with van der Waals surface area (Å²) >= 11 is 4.66. The Hall–Kier alpha value is -1.69. The molecular weight excluding hydrogens is 363 g/mol. The van der Waals surface area contributed by atoms with E-state index >= 15 is 0 Å². The first kappa shape index (κ1) is 20.1. The Morgan fingerprint density at radius 3 is 2.59 bits per heavy atom. The topological polar surface area (TPSA) is 46.5 Å². The van der Waals surface area contributed by atoms with Crippen molar-refractivity contribution in [2.75, 3.05) is 13.2 Å². The van der Waals surface area contributed by atoms with Crippen molar-refractivity contribution in [2.24, 2.45) is 5.92 Å². The lowest BCUT2D eigenvalue weighted by Gasteiger charge is -2.36. The second kappa shape index (κ2) is 8.55. The molecule has 0 radical (unpaired) electrons. The number of hydrogen-bond acceptors (Lipinski definition) is 4. The predicted octanol–water partition coefficient (Wildman–Crippen LogP) is 4.05. The first-order chi connectivity index (χ1) is 13.0. The molecule has 0 bridgehead atoms. The number of ether oxygens (including phenoxy) is 1. The summed E-state index contributed by atoms with van der Waals surface area (Å²) in [6, 6.07) is 15.7. The maximum Gasteiger partial charge on any atom is 0.163 e. The van der Waals surface area contributed by atoms with Gasteiger partial charge in [0.15, 0.2) is 5.78 Å². The van der Waals surface area contributed by atoms with Gasteiger partial charge in [-0.1, -0.05) is 48.5 Å². The molecule has 1 unspecified atom stereocenters. The highest BCUT2D eigenvalue weighted by molar-refractivity contribution is 7.81. The van der Waals surface area contributed by atoms with E-state index in [0.29, 0.717) is 24.2 Å². The van der Waals surface area contributed by atoms with Gasteiger partial charge in [0.05, 0.1) is 12.7 Å². The van der Waals surface area contributed by atoms with Gasteiger partial charge in [-0.15, -0.1) is 0 Å². The molecule has 0 aromatic heterocycles. The molecule has 0 aliphatic carbocycles. The molecule has 0 saturated carbocycles. The Morgan fingerprint density at radius 1 is 1.26 bits per heavy atom. The van der Waals surface area contributed by atoms with E-state index in [4.69, 9.17) is 4.74 Å². The van der Waals surface area contributed by atoms with Crippen molar-refractivity contribution in [3.05, 3.63) is 71.5 Å². The Kier molecular flexibility index (Phi) is 6.35. The fourth-order valence-electron chi connectivity index (χ4n) is 4.19. The summed E-state index contributed by atoms with van der Waals surface area (Å²) < 4.78 is 20.5. The van der Waals surface area contributed by atoms with Crippen LogP contribution >= 0.6 is 12.6 Å². The minimum Gasteiger partial charge on any atom is -0.396 e. The second-order valence-electron chi connectivity index (χ2n) is 7.29. The zero-order valence-electron chi connectivity index (χ0n) is 15.3. The summed E-state index contributed by atoms with van der Waals surface area (Å²) in [6.45, 7) is 2.09. The lowest BCUT2D eigenvalue weighted by molar-refractivity contribution is 0.0861. The zero-order chi connectivity index (χ0) is 19.4. The van der Waals surface area contributed by atoms with Crippen LogP contribution in [0.4, 0.5) is 4.39 Å². The molecule has 2 aromatic rings. The number of rotatable bonds is 7. The lowest BCUT2D eigenvalue weighted by atomic mass is 9.67. The number of benzene rings is 2. The highest BCUT2D eigenvalue weighted by Crippen LogP contribution is 2.46. The summed E-state index contributed by atoms with van der Waals surface area (Å²) in [6.07, 6.45) is 0.501. The molecule has 2 aromatic carbocycles. The van der Waals surface area contributed by atoms with Gasteiger partial charge in [-0.25, -0.2) is 4.39 Å². The van der Waals surface area contributed by atoms with E-state index in [0.717, 1.165) is 0 Å². The van der Waals surface area contributed by atoms with Crippen LogP contribution in [0.15, 0.2) is 54.6 Å². The van der Waals surface area contributed by atoms with Crippen molar-refractivity contribution in [3.63, 3.8) is 0 Å². The SMILES string of the molecule is C[C@H]1OC[C@@](CC(S)CC(=O)c2ccccc2)(c2ccccc2F)[C@@H]1CO. The van der Waals surface area contributed by atoms with Crippen LogP contribution in [0.3, 0.4) is 0 Å². The second-order valence-corrected chi connectivity index (χ2v) is 8.02. The summed E-state index contributed by atoms with van der Waals surface area (Å²) in [5.74, 6) is -0.564. The van der Waals surface area contributed by atoms with Crippen LogP contribution in [0, 0.1) is 11.7 Å². The molecule has 1 N–H and O–H groups in total. The third-order valence-corrected chi connectivity index (χ3v) is 5.97. The number of carbonyl (C=O) groups is 1. The molecule has 1 fully saturated rings. The first-order valence-corrected chi connectivity index (χ1v) is 9.73. The van der Waals surface area contributed by atoms with Crippen LogP contribution in [0.5, 0.6) is 0 Å². The predicted molar refractivity (Wildman–Crippen MR) is 107 cm³/mol. The molecule has 144 valence electrons. The minimum absolute atomic E-state index is 0.00629. The van der Waals surface area contributed by atoms with Gasteiger partial charge in [0.25, 0.3) is 0 Å². The average molecular weight is 389 g/mol. The Bertz CT molecular complexity index is 782. The maximum absolute atomic E-state index is 14.7. The van der Waals surface area contributed by atoms with E-state index in [1.807, 2.05) is 25.1 Å². The van der Waals surface area contributed by atoms with Gasteiger partial charge in [0.1, 0.15) is 5.82 Å². The number of aliphatic hydroxyl groups is 1. The van der Waals surface area contributed by atoms with Gasteiger partial charge in [-0.2, -0.15) is 12.6 Å². The number of halogens is 1. The largest absolute Gasteiger partial charge is 0.396 e. The number of carbonyl (C=O) groups excluding carboxylic acids is 1. The molecular formula is C22H25FO3S. The van der Waals surface area contributed by atoms with Gasteiger partial charge >= 0.3 is 0 Å². The van der Waals surface area contributed by atoms with Gasteiger partial charge in [-0.3, -0.25) is 4.79 Å². The highest BCUT2D eigenvalue weighted by Gasteiger charge is 2.50. The number of thiol groups is 1. The normalized spacial score (nSPS) is 26.1. The van der Waals surface area contributed by atoms with E-state index in [1.54, 1.807) is 30.3 Å². The molecule has 1 saturated heterocycles. The summed E-state index contributed by atoms with van der Waals surface area (Å²) in [7, 11) is 0. The minimum atomic E-state index is -0.705. The molecule has 1 aliphatic heterocycles. The molecule has 1 aliphatic rings. The van der Waals surface area contributed by atoms with E-state index in [2.05, 4.69) is 12.6 Å². The molecule has 0 spiro atoms. The van der Waals surface area contributed by atoms with E-state index in [-0.39, 0.29) is 41.9 Å². The Labute approximate surface area is 165 Å². The van der Waals surface area contributed by atoms with Crippen LogP contribution in [-0.4, -0.2) is 35.5 Å². The van der Waals surface area contributed by atoms with Crippen LogP contribution < -0.4 is 0 Å². The summed E-state index contributed by atoms with van der Waals surface area (Å²) in [5.41, 5.74) is 0.467. The van der Waals surface area contributed by atoms with E-state index < -0.39 is 5.41 Å². The highest BCUT2D eigenvalue weighted by atomic mass is 32.1. The number of hydrogen-bond donors (Lipinski definition) is 2. The first-order valence-electron chi connectivity index (χ1n) is 9.21. The third kappa shape index (κ3) is 4.10. The maximum atomic E-state index is 14.7. The fraction of sp³-hybridized carbons (Fsp3) is 0.409. The van der Waals surface area contributed by atoms with Crippen molar-refractivity contribution in [3.8, 4) is 0 Å². The zero-order valence-corrected chi connectivity index (χ0v) is 16.2. The number of ketones is 1. The van der Waals surface area contributed by atoms with Crippen LogP contribution in [0.2, 0.25) is 0 Å². The molecule has 5 heteroatoms. The Morgan fingerprint density at radius 2 is 1.93 bits per heavy atom. The quantitative estimate of drug-likeness (QED) is 0.556. The van der Waals surface area contributed by atoms with Gasteiger partial charge in [0.2, 0.25) is 0 Å². The van der Waals surface area contributed by atoms with Crippen molar-refractivity contribution in [1.82, 2.24) is 0 Å². The van der Waals surface area contributed by atoms with Crippen molar-refractivity contribution < 1.29 is 19.0 Å². The molecule has 27 heavy (non-hydrogen) atoms. The number of Topliss-reactive ketones (excluding diaryl/α,β-unsaturated/α-hetero) is 1. The standard InChI is InChI=1S/C22H25FO3S/c1-15-19(13-24)22(14-26-15,18-9-5-6-10-20(18)23)12-17(27)11-21(25)16-7-3-2-4-8-16/h2-10,15,17,19,24,27H,11-14H2,1H3/t15-,17?,19-,22+/m1/s1. The molecule has 0 amide bonds. The fourth-order valence-corrected chi connectivity index (χ4v) is 4.68. The molecule has 3 rings (SSSR count). The smallest absolute Gasteiger partial charge is 0.163 e. The lowest BCUT2D eigenvalue weighted by Crippen LogP contribution is -2.41. The van der Waals surface area contributed by atoms with Gasteiger partial charge in [-0.05, 0) is 25.0 Å². The monoisotopic (exact) mass is 388 g/mol. The average Bonchev–Trinajstić information content (AvgIpc) is 2.98. The summed E-state index contributed by atoms with van der Waals surface area (Å²) in [4.78, 5) is 12.5. The third-order valence-electron chi connectivity index (χ3n) is 5.60.